The molecule has 0 saturated heterocycles. The Labute approximate surface area is 118 Å². The summed E-state index contributed by atoms with van der Waals surface area (Å²) >= 11 is 6.68. The monoisotopic (exact) mass is 363 g/mol. The van der Waals surface area contributed by atoms with Gasteiger partial charge in [-0.3, -0.25) is 4.79 Å². The summed E-state index contributed by atoms with van der Waals surface area (Å²) in [5.74, 6) is -0.148. The van der Waals surface area contributed by atoms with Gasteiger partial charge in [0, 0.05) is 26.7 Å². The van der Waals surface area contributed by atoms with Crippen LogP contribution in [0.3, 0.4) is 0 Å². The number of halogens is 2. The molecule has 1 amide bonds. The molecular formula is C12H15Br2NO2. The van der Waals surface area contributed by atoms with Crippen LogP contribution in [-0.2, 0) is 0 Å². The number of aliphatic hydroxyl groups is 1. The van der Waals surface area contributed by atoms with E-state index in [0.717, 1.165) is 8.95 Å². The van der Waals surface area contributed by atoms with Gasteiger partial charge >= 0.3 is 0 Å². The molecule has 0 bridgehead atoms. The summed E-state index contributed by atoms with van der Waals surface area (Å²) in [6.45, 7) is 3.82. The van der Waals surface area contributed by atoms with Crippen molar-refractivity contribution in [2.45, 2.75) is 25.8 Å². The fraction of sp³-hybridized carbons (Fsp3) is 0.417. The zero-order valence-electron chi connectivity index (χ0n) is 9.76. The lowest BCUT2D eigenvalue weighted by molar-refractivity contribution is 0.0899. The minimum atomic E-state index is -0.416. The molecule has 0 fully saturated rings. The predicted octanol–water partition coefficient (Wildman–Crippen LogP) is 3.10. The van der Waals surface area contributed by atoms with Crippen LogP contribution in [0.15, 0.2) is 27.1 Å². The number of rotatable bonds is 4. The van der Waals surface area contributed by atoms with Crippen molar-refractivity contribution >= 4 is 37.8 Å². The average molecular weight is 365 g/mol. The normalized spacial score (nSPS) is 11.4. The molecule has 0 aliphatic carbocycles. The molecule has 1 rings (SSSR count). The van der Waals surface area contributed by atoms with Gasteiger partial charge in [0.05, 0.1) is 0 Å². The number of amides is 1. The van der Waals surface area contributed by atoms with E-state index in [4.69, 9.17) is 5.11 Å². The zero-order chi connectivity index (χ0) is 13.1. The molecule has 0 aliphatic heterocycles. The molecule has 17 heavy (non-hydrogen) atoms. The van der Waals surface area contributed by atoms with Crippen LogP contribution in [0, 0.1) is 0 Å². The maximum atomic E-state index is 12.0. The predicted molar refractivity (Wildman–Crippen MR) is 75.1 cm³/mol. The lowest BCUT2D eigenvalue weighted by Gasteiger charge is -2.25. The van der Waals surface area contributed by atoms with Crippen molar-refractivity contribution in [1.82, 2.24) is 5.32 Å². The Hall–Kier alpha value is -0.390. The Bertz CT molecular complexity index is 399. The van der Waals surface area contributed by atoms with Crippen LogP contribution in [0.2, 0.25) is 0 Å². The molecule has 0 aromatic heterocycles. The summed E-state index contributed by atoms with van der Waals surface area (Å²) in [6.07, 6.45) is 0.522. The van der Waals surface area contributed by atoms with E-state index < -0.39 is 5.54 Å². The number of benzene rings is 1. The third-order valence-corrected chi connectivity index (χ3v) is 3.23. The van der Waals surface area contributed by atoms with Gasteiger partial charge in [-0.05, 0) is 38.5 Å². The van der Waals surface area contributed by atoms with E-state index >= 15 is 0 Å². The fourth-order valence-corrected chi connectivity index (χ4v) is 2.70. The van der Waals surface area contributed by atoms with Gasteiger partial charge in [0.25, 0.3) is 5.91 Å². The van der Waals surface area contributed by atoms with Crippen LogP contribution in [0.4, 0.5) is 0 Å². The highest BCUT2D eigenvalue weighted by molar-refractivity contribution is 9.11. The van der Waals surface area contributed by atoms with Gasteiger partial charge < -0.3 is 10.4 Å². The largest absolute Gasteiger partial charge is 0.396 e. The van der Waals surface area contributed by atoms with E-state index in [1.54, 1.807) is 12.1 Å². The van der Waals surface area contributed by atoms with Crippen LogP contribution >= 0.6 is 31.9 Å². The van der Waals surface area contributed by atoms with Gasteiger partial charge in [0.1, 0.15) is 0 Å². The van der Waals surface area contributed by atoms with Crippen LogP contribution < -0.4 is 5.32 Å². The molecule has 1 aromatic carbocycles. The molecule has 1 aromatic rings. The van der Waals surface area contributed by atoms with Crippen LogP contribution in [0.1, 0.15) is 30.6 Å². The second kappa shape index (κ2) is 5.98. The molecule has 94 valence electrons. The SMILES string of the molecule is CC(C)(CCO)NC(=O)c1cc(Br)cc(Br)c1. The first-order valence-corrected chi connectivity index (χ1v) is 6.82. The van der Waals surface area contributed by atoms with E-state index in [9.17, 15) is 4.79 Å². The average Bonchev–Trinajstić information content (AvgIpc) is 2.14. The van der Waals surface area contributed by atoms with Gasteiger partial charge in [-0.25, -0.2) is 0 Å². The number of carbonyl (C=O) groups excluding carboxylic acids is 1. The number of hydrogen-bond donors (Lipinski definition) is 2. The van der Waals surface area contributed by atoms with Gasteiger partial charge in [0.2, 0.25) is 0 Å². The molecule has 3 nitrogen and oxygen atoms in total. The number of aliphatic hydroxyl groups excluding tert-OH is 1. The Morgan fingerprint density at radius 1 is 1.29 bits per heavy atom. The number of carbonyl (C=O) groups is 1. The number of hydrogen-bond acceptors (Lipinski definition) is 2. The van der Waals surface area contributed by atoms with Crippen molar-refractivity contribution in [2.24, 2.45) is 0 Å². The minimum Gasteiger partial charge on any atom is -0.396 e. The van der Waals surface area contributed by atoms with Crippen LogP contribution in [-0.4, -0.2) is 23.2 Å². The van der Waals surface area contributed by atoms with Gasteiger partial charge in [-0.15, -0.1) is 0 Å². The summed E-state index contributed by atoms with van der Waals surface area (Å²) in [5.41, 5.74) is 0.165. The fourth-order valence-electron chi connectivity index (χ4n) is 1.41. The molecule has 0 heterocycles. The van der Waals surface area contributed by atoms with E-state index in [2.05, 4.69) is 37.2 Å². The van der Waals surface area contributed by atoms with Crippen molar-refractivity contribution in [3.8, 4) is 0 Å². The topological polar surface area (TPSA) is 49.3 Å². The van der Waals surface area contributed by atoms with E-state index in [1.807, 2.05) is 19.9 Å². The molecule has 2 N–H and O–H groups in total. The zero-order valence-corrected chi connectivity index (χ0v) is 12.9. The van der Waals surface area contributed by atoms with Crippen LogP contribution in [0.25, 0.3) is 0 Å². The summed E-state index contributed by atoms with van der Waals surface area (Å²) in [5, 5.41) is 11.8. The van der Waals surface area contributed by atoms with Crippen molar-refractivity contribution in [2.75, 3.05) is 6.61 Å². The molecule has 0 atom stereocenters. The van der Waals surface area contributed by atoms with E-state index in [-0.39, 0.29) is 12.5 Å². The lowest BCUT2D eigenvalue weighted by Crippen LogP contribution is -2.44. The van der Waals surface area contributed by atoms with Crippen molar-refractivity contribution in [1.29, 1.82) is 0 Å². The minimum absolute atomic E-state index is 0.0511. The molecular weight excluding hydrogens is 350 g/mol. The molecule has 0 aliphatic rings. The van der Waals surface area contributed by atoms with E-state index in [1.165, 1.54) is 0 Å². The highest BCUT2D eigenvalue weighted by Gasteiger charge is 2.20. The van der Waals surface area contributed by atoms with Gasteiger partial charge in [-0.2, -0.15) is 0 Å². The Morgan fingerprint density at radius 3 is 2.29 bits per heavy atom. The Kier molecular flexibility index (Phi) is 5.16. The van der Waals surface area contributed by atoms with Crippen molar-refractivity contribution < 1.29 is 9.90 Å². The summed E-state index contributed by atoms with van der Waals surface area (Å²) in [4.78, 5) is 12.0. The Balaban J connectivity index is 2.83. The number of nitrogens with one attached hydrogen (secondary N) is 1. The summed E-state index contributed by atoms with van der Waals surface area (Å²) in [7, 11) is 0. The molecule has 0 radical (unpaired) electrons. The molecule has 0 unspecified atom stereocenters. The smallest absolute Gasteiger partial charge is 0.251 e. The molecule has 0 saturated carbocycles. The van der Waals surface area contributed by atoms with Crippen molar-refractivity contribution in [3.05, 3.63) is 32.7 Å². The van der Waals surface area contributed by atoms with Gasteiger partial charge in [-0.1, -0.05) is 31.9 Å². The summed E-state index contributed by atoms with van der Waals surface area (Å²) in [6, 6.07) is 5.39. The maximum Gasteiger partial charge on any atom is 0.251 e. The molecule has 0 spiro atoms. The lowest BCUT2D eigenvalue weighted by atomic mass is 10.0. The van der Waals surface area contributed by atoms with E-state index in [0.29, 0.717) is 12.0 Å². The highest BCUT2D eigenvalue weighted by atomic mass is 79.9. The summed E-state index contributed by atoms with van der Waals surface area (Å²) < 4.78 is 1.69. The highest BCUT2D eigenvalue weighted by Crippen LogP contribution is 2.20. The first kappa shape index (κ1) is 14.7. The third kappa shape index (κ3) is 4.77. The van der Waals surface area contributed by atoms with Crippen LogP contribution in [0.5, 0.6) is 0 Å². The Morgan fingerprint density at radius 2 is 1.82 bits per heavy atom. The molecule has 5 heteroatoms. The second-order valence-corrected chi connectivity index (χ2v) is 6.30. The maximum absolute atomic E-state index is 12.0. The quantitative estimate of drug-likeness (QED) is 0.862. The standard InChI is InChI=1S/C12H15Br2NO2/c1-12(2,3-4-16)15-11(17)8-5-9(13)7-10(14)6-8/h5-7,16H,3-4H2,1-2H3,(H,15,17). The first-order chi connectivity index (χ1) is 7.84. The first-order valence-electron chi connectivity index (χ1n) is 5.23. The van der Waals surface area contributed by atoms with Gasteiger partial charge in [0.15, 0.2) is 0 Å². The third-order valence-electron chi connectivity index (χ3n) is 2.31. The van der Waals surface area contributed by atoms with Crippen molar-refractivity contribution in [3.63, 3.8) is 0 Å². The second-order valence-electron chi connectivity index (χ2n) is 4.47.